The molecule has 1 unspecified atom stereocenters. The molecule has 0 spiro atoms. The molecule has 1 amide bonds. The molecule has 0 radical (unpaired) electrons. The molecule has 0 aliphatic carbocycles. The molecule has 0 saturated carbocycles. The highest BCUT2D eigenvalue weighted by molar-refractivity contribution is 14.1. The number of hydrogen-bond donors (Lipinski definition) is 3. The average molecular weight is 362 g/mol. The molecule has 4 nitrogen and oxygen atoms in total. The molecule has 0 fully saturated rings. The van der Waals surface area contributed by atoms with Crippen LogP contribution in [0.2, 0.25) is 0 Å². The minimum atomic E-state index is -0.100. The Kier molecular flexibility index (Phi) is 6.42. The van der Waals surface area contributed by atoms with E-state index in [1.807, 2.05) is 19.1 Å². The lowest BCUT2D eigenvalue weighted by atomic mass is 10.1. The third kappa shape index (κ3) is 5.22. The van der Waals surface area contributed by atoms with E-state index in [0.717, 1.165) is 16.4 Å². The van der Waals surface area contributed by atoms with Crippen molar-refractivity contribution in [3.63, 3.8) is 0 Å². The second kappa shape index (κ2) is 7.58. The first-order chi connectivity index (χ1) is 8.52. The number of halogens is 1. The molecule has 0 bridgehead atoms. The van der Waals surface area contributed by atoms with Crippen molar-refractivity contribution in [3.05, 3.63) is 27.3 Å². The summed E-state index contributed by atoms with van der Waals surface area (Å²) in [6.07, 6.45) is 1.78. The van der Waals surface area contributed by atoms with Gasteiger partial charge in [0.15, 0.2) is 0 Å². The number of hydrogen-bond acceptors (Lipinski definition) is 3. The Hall–Kier alpha value is -0.820. The number of benzene rings is 1. The van der Waals surface area contributed by atoms with Gasteiger partial charge in [-0.15, -0.1) is 0 Å². The van der Waals surface area contributed by atoms with Crippen molar-refractivity contribution in [2.75, 3.05) is 18.9 Å². The standard InChI is InChI=1S/C13H19IN2O2/c1-9(8-17)3-2-4-16-13(18)10-5-11(14)7-12(15)6-10/h5-7,9,17H,2-4,8,15H2,1H3,(H,16,18). The van der Waals surface area contributed by atoms with Crippen LogP contribution in [-0.4, -0.2) is 24.2 Å². The van der Waals surface area contributed by atoms with Crippen LogP contribution in [0.4, 0.5) is 5.69 Å². The van der Waals surface area contributed by atoms with Crippen LogP contribution in [0, 0.1) is 9.49 Å². The van der Waals surface area contributed by atoms with Crippen molar-refractivity contribution >= 4 is 34.2 Å². The number of carbonyl (C=O) groups excluding carboxylic acids is 1. The minimum Gasteiger partial charge on any atom is -0.399 e. The van der Waals surface area contributed by atoms with E-state index in [1.165, 1.54) is 0 Å². The third-order valence-corrected chi connectivity index (χ3v) is 3.28. The quantitative estimate of drug-likeness (QED) is 0.412. The summed E-state index contributed by atoms with van der Waals surface area (Å²) in [6, 6.07) is 5.30. The maximum atomic E-state index is 11.8. The van der Waals surface area contributed by atoms with Crippen LogP contribution in [0.5, 0.6) is 0 Å². The van der Waals surface area contributed by atoms with E-state index < -0.39 is 0 Å². The van der Waals surface area contributed by atoms with Crippen LogP contribution in [-0.2, 0) is 0 Å². The first-order valence-corrected chi connectivity index (χ1v) is 7.06. The number of aliphatic hydroxyl groups is 1. The number of rotatable bonds is 6. The molecule has 1 aromatic carbocycles. The Labute approximate surface area is 121 Å². The van der Waals surface area contributed by atoms with Gasteiger partial charge in [0.1, 0.15) is 0 Å². The van der Waals surface area contributed by atoms with E-state index in [-0.39, 0.29) is 18.4 Å². The van der Waals surface area contributed by atoms with E-state index in [0.29, 0.717) is 17.8 Å². The van der Waals surface area contributed by atoms with Gasteiger partial charge in [-0.05, 0) is 59.5 Å². The molecule has 1 rings (SSSR count). The first-order valence-electron chi connectivity index (χ1n) is 5.98. The number of nitrogens with one attached hydrogen (secondary N) is 1. The van der Waals surface area contributed by atoms with Gasteiger partial charge < -0.3 is 16.2 Å². The summed E-state index contributed by atoms with van der Waals surface area (Å²) in [5.41, 5.74) is 6.89. The Morgan fingerprint density at radius 2 is 2.22 bits per heavy atom. The first kappa shape index (κ1) is 15.2. The second-order valence-corrected chi connectivity index (χ2v) is 5.70. The Morgan fingerprint density at radius 1 is 1.50 bits per heavy atom. The Morgan fingerprint density at radius 3 is 2.83 bits per heavy atom. The van der Waals surface area contributed by atoms with Crippen LogP contribution in [0.25, 0.3) is 0 Å². The zero-order valence-electron chi connectivity index (χ0n) is 10.4. The number of carbonyl (C=O) groups is 1. The van der Waals surface area contributed by atoms with Gasteiger partial charge in [-0.3, -0.25) is 4.79 Å². The SMILES string of the molecule is CC(CO)CCCNC(=O)c1cc(N)cc(I)c1. The monoisotopic (exact) mass is 362 g/mol. The zero-order chi connectivity index (χ0) is 13.5. The number of aliphatic hydroxyl groups excluding tert-OH is 1. The van der Waals surface area contributed by atoms with Crippen molar-refractivity contribution in [1.29, 1.82) is 0 Å². The molecular weight excluding hydrogens is 343 g/mol. The molecule has 0 heterocycles. The highest BCUT2D eigenvalue weighted by Gasteiger charge is 2.07. The summed E-state index contributed by atoms with van der Waals surface area (Å²) in [5, 5.41) is 11.7. The summed E-state index contributed by atoms with van der Waals surface area (Å²) in [6.45, 7) is 2.80. The molecule has 1 atom stereocenters. The van der Waals surface area contributed by atoms with Crippen LogP contribution in [0.1, 0.15) is 30.1 Å². The van der Waals surface area contributed by atoms with Gasteiger partial charge in [-0.25, -0.2) is 0 Å². The molecule has 0 aromatic heterocycles. The van der Waals surface area contributed by atoms with Crippen molar-refractivity contribution in [3.8, 4) is 0 Å². The van der Waals surface area contributed by atoms with Crippen LogP contribution in [0.3, 0.4) is 0 Å². The number of anilines is 1. The van der Waals surface area contributed by atoms with Gasteiger partial charge in [0.2, 0.25) is 0 Å². The largest absolute Gasteiger partial charge is 0.399 e. The maximum absolute atomic E-state index is 11.8. The maximum Gasteiger partial charge on any atom is 0.251 e. The lowest BCUT2D eigenvalue weighted by Gasteiger charge is -2.09. The van der Waals surface area contributed by atoms with Crippen molar-refractivity contribution in [1.82, 2.24) is 5.32 Å². The lowest BCUT2D eigenvalue weighted by molar-refractivity contribution is 0.0952. The van der Waals surface area contributed by atoms with Gasteiger partial charge in [0.05, 0.1) is 0 Å². The van der Waals surface area contributed by atoms with Gasteiger partial charge >= 0.3 is 0 Å². The molecule has 0 saturated heterocycles. The molecule has 5 heteroatoms. The van der Waals surface area contributed by atoms with Crippen LogP contribution in [0.15, 0.2) is 18.2 Å². The highest BCUT2D eigenvalue weighted by atomic mass is 127. The van der Waals surface area contributed by atoms with Crippen LogP contribution < -0.4 is 11.1 Å². The molecule has 18 heavy (non-hydrogen) atoms. The topological polar surface area (TPSA) is 75.3 Å². The fourth-order valence-electron chi connectivity index (χ4n) is 1.59. The highest BCUT2D eigenvalue weighted by Crippen LogP contribution is 2.14. The summed E-state index contributed by atoms with van der Waals surface area (Å²) in [4.78, 5) is 11.8. The second-order valence-electron chi connectivity index (χ2n) is 4.46. The lowest BCUT2D eigenvalue weighted by Crippen LogP contribution is -2.25. The summed E-state index contributed by atoms with van der Waals surface area (Å²) in [7, 11) is 0. The van der Waals surface area contributed by atoms with Gasteiger partial charge in [0.25, 0.3) is 5.91 Å². The summed E-state index contributed by atoms with van der Waals surface area (Å²) >= 11 is 2.14. The van der Waals surface area contributed by atoms with E-state index in [4.69, 9.17) is 10.8 Å². The number of nitrogens with two attached hydrogens (primary N) is 1. The number of amides is 1. The predicted molar refractivity (Wildman–Crippen MR) is 81.4 cm³/mol. The Bertz CT molecular complexity index is 390. The van der Waals surface area contributed by atoms with E-state index in [1.54, 1.807) is 6.07 Å². The minimum absolute atomic E-state index is 0.100. The molecule has 0 aliphatic rings. The molecule has 100 valence electrons. The van der Waals surface area contributed by atoms with E-state index in [9.17, 15) is 4.79 Å². The molecule has 0 aliphatic heterocycles. The average Bonchev–Trinajstić information content (AvgIpc) is 2.32. The zero-order valence-corrected chi connectivity index (χ0v) is 12.6. The Balaban J connectivity index is 2.41. The third-order valence-electron chi connectivity index (χ3n) is 2.65. The summed E-state index contributed by atoms with van der Waals surface area (Å²) in [5.74, 6) is 0.187. The van der Waals surface area contributed by atoms with Crippen molar-refractivity contribution < 1.29 is 9.90 Å². The smallest absolute Gasteiger partial charge is 0.251 e. The normalized spacial score (nSPS) is 12.2. The van der Waals surface area contributed by atoms with Gasteiger partial charge in [-0.1, -0.05) is 6.92 Å². The molecular formula is C13H19IN2O2. The van der Waals surface area contributed by atoms with Gasteiger partial charge in [-0.2, -0.15) is 0 Å². The van der Waals surface area contributed by atoms with Gasteiger partial charge in [0, 0.05) is 28.0 Å². The number of nitrogen functional groups attached to an aromatic ring is 1. The fraction of sp³-hybridized carbons (Fsp3) is 0.462. The van der Waals surface area contributed by atoms with E-state index >= 15 is 0 Å². The fourth-order valence-corrected chi connectivity index (χ4v) is 2.28. The van der Waals surface area contributed by atoms with Crippen molar-refractivity contribution in [2.24, 2.45) is 5.92 Å². The van der Waals surface area contributed by atoms with E-state index in [2.05, 4.69) is 27.9 Å². The van der Waals surface area contributed by atoms with Crippen LogP contribution >= 0.6 is 22.6 Å². The van der Waals surface area contributed by atoms with Crippen molar-refractivity contribution in [2.45, 2.75) is 19.8 Å². The summed E-state index contributed by atoms with van der Waals surface area (Å²) < 4.78 is 0.951. The predicted octanol–water partition coefficient (Wildman–Crippen LogP) is 2.01. The molecule has 1 aromatic rings. The molecule has 4 N–H and O–H groups in total.